The van der Waals surface area contributed by atoms with Gasteiger partial charge >= 0.3 is 5.97 Å². The van der Waals surface area contributed by atoms with E-state index in [1.54, 1.807) is 19.1 Å². The van der Waals surface area contributed by atoms with Crippen molar-refractivity contribution in [3.8, 4) is 0 Å². The van der Waals surface area contributed by atoms with Gasteiger partial charge in [0, 0.05) is 6.04 Å². The van der Waals surface area contributed by atoms with E-state index in [1.807, 2.05) is 10.6 Å². The van der Waals surface area contributed by atoms with Crippen molar-refractivity contribution >= 4 is 28.7 Å². The van der Waals surface area contributed by atoms with Gasteiger partial charge in [0.15, 0.2) is 0 Å². The lowest BCUT2D eigenvalue weighted by molar-refractivity contribution is 0.0526. The molecule has 2 heterocycles. The Labute approximate surface area is 120 Å². The quantitative estimate of drug-likeness (QED) is 0.716. The molecule has 3 aromatic rings. The Balaban J connectivity index is 1.73. The second kappa shape index (κ2) is 4.47. The molecule has 1 aromatic carbocycles. The van der Waals surface area contributed by atoms with Crippen molar-refractivity contribution in [3.63, 3.8) is 0 Å². The Morgan fingerprint density at radius 3 is 3.10 bits per heavy atom. The van der Waals surface area contributed by atoms with Crippen LogP contribution in [0.4, 0.5) is 5.95 Å². The molecule has 0 aliphatic heterocycles. The lowest BCUT2D eigenvalue weighted by Gasteiger charge is -2.01. The van der Waals surface area contributed by atoms with Crippen LogP contribution in [-0.4, -0.2) is 38.2 Å². The fourth-order valence-corrected chi connectivity index (χ4v) is 2.31. The third kappa shape index (κ3) is 2.10. The molecule has 1 aliphatic carbocycles. The number of esters is 1. The molecule has 0 saturated heterocycles. The van der Waals surface area contributed by atoms with Crippen molar-refractivity contribution in [1.29, 1.82) is 0 Å². The molecule has 0 unspecified atom stereocenters. The van der Waals surface area contributed by atoms with Crippen LogP contribution in [0.5, 0.6) is 0 Å². The highest BCUT2D eigenvalue weighted by molar-refractivity contribution is 5.94. The number of nitrogens with zero attached hydrogens (tertiary/aromatic N) is 3. The molecule has 0 spiro atoms. The second-order valence-corrected chi connectivity index (χ2v) is 5.16. The Morgan fingerprint density at radius 2 is 2.33 bits per heavy atom. The highest BCUT2D eigenvalue weighted by atomic mass is 16.5. The zero-order valence-electron chi connectivity index (χ0n) is 11.6. The van der Waals surface area contributed by atoms with E-state index in [4.69, 9.17) is 4.74 Å². The monoisotopic (exact) mass is 285 g/mol. The number of carbonyl (C=O) groups excluding carboxylic acids is 1. The molecule has 7 nitrogen and oxygen atoms in total. The summed E-state index contributed by atoms with van der Waals surface area (Å²) < 4.78 is 6.81. The second-order valence-electron chi connectivity index (χ2n) is 5.16. The van der Waals surface area contributed by atoms with Crippen LogP contribution in [0, 0.1) is 0 Å². The lowest BCUT2D eigenvalue weighted by atomic mass is 10.2. The van der Waals surface area contributed by atoms with E-state index in [0.29, 0.717) is 24.0 Å². The normalized spacial score (nSPS) is 14.7. The van der Waals surface area contributed by atoms with E-state index in [2.05, 4.69) is 20.4 Å². The molecule has 0 bridgehead atoms. The van der Waals surface area contributed by atoms with E-state index < -0.39 is 0 Å². The number of rotatable bonds is 4. The molecule has 1 aliphatic rings. The van der Waals surface area contributed by atoms with Crippen molar-refractivity contribution in [2.45, 2.75) is 25.8 Å². The molecule has 21 heavy (non-hydrogen) atoms. The molecule has 1 fully saturated rings. The summed E-state index contributed by atoms with van der Waals surface area (Å²) >= 11 is 0. The van der Waals surface area contributed by atoms with Gasteiger partial charge < -0.3 is 10.1 Å². The van der Waals surface area contributed by atoms with Gasteiger partial charge in [-0.2, -0.15) is 4.98 Å². The number of fused-ring (bicyclic) bond motifs is 3. The van der Waals surface area contributed by atoms with Crippen LogP contribution >= 0.6 is 0 Å². The maximum atomic E-state index is 11.7. The zero-order valence-corrected chi connectivity index (χ0v) is 11.6. The fraction of sp³-hybridized carbons (Fsp3) is 0.357. The van der Waals surface area contributed by atoms with E-state index in [0.717, 1.165) is 17.0 Å². The van der Waals surface area contributed by atoms with E-state index in [9.17, 15) is 4.79 Å². The molecule has 0 amide bonds. The van der Waals surface area contributed by atoms with Gasteiger partial charge in [-0.3, -0.25) is 5.10 Å². The number of nitrogens with one attached hydrogen (secondary N) is 2. The Bertz CT molecular complexity index is 830. The highest BCUT2D eigenvalue weighted by Gasteiger charge is 2.22. The predicted molar refractivity (Wildman–Crippen MR) is 77.4 cm³/mol. The summed E-state index contributed by atoms with van der Waals surface area (Å²) in [6.45, 7) is 2.15. The standard InChI is InChI=1S/C14H15N5O2/c1-2-21-12(20)8-3-6-11-10(7-8)16-14-17-13(18-19(11)14)15-9-4-5-9/h3,6-7,9H,2,4-5H2,1H3,(H2,15,16,17,18). The van der Waals surface area contributed by atoms with Gasteiger partial charge in [-0.15, -0.1) is 0 Å². The number of hydrogen-bond acceptors (Lipinski definition) is 5. The van der Waals surface area contributed by atoms with Gasteiger partial charge in [0.1, 0.15) is 0 Å². The van der Waals surface area contributed by atoms with Crippen molar-refractivity contribution in [2.75, 3.05) is 11.9 Å². The minimum Gasteiger partial charge on any atom is -0.462 e. The Kier molecular flexibility index (Phi) is 2.60. The molecule has 0 atom stereocenters. The molecule has 1 saturated carbocycles. The van der Waals surface area contributed by atoms with Gasteiger partial charge in [-0.1, -0.05) is 0 Å². The van der Waals surface area contributed by atoms with Crippen LogP contribution in [0.1, 0.15) is 30.1 Å². The van der Waals surface area contributed by atoms with Crippen LogP contribution in [-0.2, 0) is 4.74 Å². The largest absolute Gasteiger partial charge is 0.462 e. The molecule has 2 N–H and O–H groups in total. The molecular weight excluding hydrogens is 270 g/mol. The number of aromatic nitrogens is 4. The first-order valence-electron chi connectivity index (χ1n) is 7.06. The lowest BCUT2D eigenvalue weighted by Crippen LogP contribution is -2.04. The summed E-state index contributed by atoms with van der Waals surface area (Å²) in [5, 5.41) is 6.48. The van der Waals surface area contributed by atoms with Crippen LogP contribution in [0.25, 0.3) is 16.8 Å². The number of aromatic amines is 1. The van der Waals surface area contributed by atoms with Crippen molar-refractivity contribution in [3.05, 3.63) is 23.8 Å². The number of imidazole rings is 1. The maximum absolute atomic E-state index is 11.7. The topological polar surface area (TPSA) is 84.3 Å². The van der Waals surface area contributed by atoms with Crippen LogP contribution in [0.15, 0.2) is 18.2 Å². The number of hydrogen-bond donors (Lipinski definition) is 2. The van der Waals surface area contributed by atoms with Crippen LogP contribution in [0.3, 0.4) is 0 Å². The van der Waals surface area contributed by atoms with Gasteiger partial charge in [0.25, 0.3) is 5.78 Å². The molecule has 108 valence electrons. The molecule has 0 radical (unpaired) electrons. The average molecular weight is 285 g/mol. The Hall–Kier alpha value is -2.57. The van der Waals surface area contributed by atoms with Gasteiger partial charge in [-0.05, 0) is 38.0 Å². The smallest absolute Gasteiger partial charge is 0.338 e. The predicted octanol–water partition coefficient (Wildman–Crippen LogP) is 1.96. The summed E-state index contributed by atoms with van der Waals surface area (Å²) in [5.41, 5.74) is 2.10. The zero-order chi connectivity index (χ0) is 14.4. The molecular formula is C14H15N5O2. The average Bonchev–Trinajstić information content (AvgIpc) is 3.09. The summed E-state index contributed by atoms with van der Waals surface area (Å²) in [4.78, 5) is 20.6. The number of carbonyl (C=O) groups is 1. The minimum absolute atomic E-state index is 0.333. The van der Waals surface area contributed by atoms with Gasteiger partial charge in [-0.25, -0.2) is 14.3 Å². The summed E-state index contributed by atoms with van der Waals surface area (Å²) in [7, 11) is 0. The fourth-order valence-electron chi connectivity index (χ4n) is 2.31. The first-order chi connectivity index (χ1) is 10.2. The number of benzene rings is 1. The number of H-pyrrole nitrogens is 1. The maximum Gasteiger partial charge on any atom is 0.338 e. The summed E-state index contributed by atoms with van der Waals surface area (Å²) in [6.07, 6.45) is 2.37. The van der Waals surface area contributed by atoms with E-state index in [1.165, 1.54) is 12.8 Å². The Morgan fingerprint density at radius 1 is 1.48 bits per heavy atom. The first-order valence-corrected chi connectivity index (χ1v) is 7.06. The van der Waals surface area contributed by atoms with Gasteiger partial charge in [0.05, 0.1) is 23.2 Å². The highest BCUT2D eigenvalue weighted by Crippen LogP contribution is 2.24. The first kappa shape index (κ1) is 12.2. The third-order valence-corrected chi connectivity index (χ3v) is 3.50. The van der Waals surface area contributed by atoms with E-state index in [-0.39, 0.29) is 5.97 Å². The van der Waals surface area contributed by atoms with Crippen molar-refractivity contribution in [1.82, 2.24) is 19.6 Å². The van der Waals surface area contributed by atoms with E-state index >= 15 is 0 Å². The third-order valence-electron chi connectivity index (χ3n) is 3.50. The molecule has 7 heteroatoms. The molecule has 4 rings (SSSR count). The van der Waals surface area contributed by atoms with Crippen molar-refractivity contribution < 1.29 is 9.53 Å². The van der Waals surface area contributed by atoms with Crippen LogP contribution in [0.2, 0.25) is 0 Å². The van der Waals surface area contributed by atoms with Gasteiger partial charge in [0.2, 0.25) is 5.95 Å². The SMILES string of the molecule is CCOC(=O)c1ccc2c(c1)nc1nc(NC3CC3)[nH]n12. The molecule has 2 aromatic heterocycles. The number of anilines is 1. The minimum atomic E-state index is -0.333. The summed E-state index contributed by atoms with van der Waals surface area (Å²) in [6, 6.07) is 5.84. The van der Waals surface area contributed by atoms with Crippen LogP contribution < -0.4 is 5.32 Å². The number of ether oxygens (including phenoxy) is 1. The van der Waals surface area contributed by atoms with Crippen molar-refractivity contribution in [2.24, 2.45) is 0 Å². The summed E-state index contributed by atoms with van der Waals surface area (Å²) in [5.74, 6) is 0.991.